The Bertz CT molecular complexity index is 859. The molecule has 158 valence electrons. The van der Waals surface area contributed by atoms with Crippen molar-refractivity contribution in [3.05, 3.63) is 35.9 Å². The standard InChI is InChI=1S/C18H19Cl3N2O5S/c1-17(2)13(16(26)28-9-18(19,20)21)23-14(25)12(15(23)29(17)27)22-11(24)8-10-6-4-3-5-7-10/h3-7,12-13,15H,8-9H2,1-2H3,(H,22,24)/t12-,13-,15-,29-/m0/s1. The van der Waals surface area contributed by atoms with E-state index in [4.69, 9.17) is 39.5 Å². The van der Waals surface area contributed by atoms with Gasteiger partial charge >= 0.3 is 5.97 Å². The molecule has 11 heteroatoms. The van der Waals surface area contributed by atoms with Crippen LogP contribution in [0.3, 0.4) is 0 Å². The van der Waals surface area contributed by atoms with Gasteiger partial charge in [0.15, 0.2) is 0 Å². The zero-order valence-electron chi connectivity index (χ0n) is 15.6. The van der Waals surface area contributed by atoms with Gasteiger partial charge in [-0.3, -0.25) is 13.8 Å². The molecule has 2 fully saturated rings. The molecule has 0 saturated carbocycles. The molecule has 0 aromatic heterocycles. The van der Waals surface area contributed by atoms with E-state index >= 15 is 0 Å². The van der Waals surface area contributed by atoms with Gasteiger partial charge in [0, 0.05) is 0 Å². The van der Waals surface area contributed by atoms with Crippen molar-refractivity contribution >= 4 is 63.4 Å². The number of hydrogen-bond donors (Lipinski definition) is 1. The van der Waals surface area contributed by atoms with Crippen molar-refractivity contribution in [2.75, 3.05) is 6.61 Å². The van der Waals surface area contributed by atoms with Gasteiger partial charge in [-0.25, -0.2) is 4.79 Å². The van der Waals surface area contributed by atoms with Gasteiger partial charge in [-0.2, -0.15) is 0 Å². The predicted octanol–water partition coefficient (Wildman–Crippen LogP) is 1.71. The molecule has 2 aliphatic heterocycles. The molecule has 0 unspecified atom stereocenters. The van der Waals surface area contributed by atoms with Gasteiger partial charge in [0.1, 0.15) is 24.1 Å². The molecule has 0 bridgehead atoms. The van der Waals surface area contributed by atoms with E-state index in [1.807, 2.05) is 6.07 Å². The van der Waals surface area contributed by atoms with Gasteiger partial charge in [-0.1, -0.05) is 65.1 Å². The van der Waals surface area contributed by atoms with Gasteiger partial charge in [0.05, 0.1) is 22.0 Å². The summed E-state index contributed by atoms with van der Waals surface area (Å²) >= 11 is 16.8. The fourth-order valence-corrected chi connectivity index (χ4v) is 5.59. The summed E-state index contributed by atoms with van der Waals surface area (Å²) in [6.07, 6.45) is 0.0854. The summed E-state index contributed by atoms with van der Waals surface area (Å²) in [4.78, 5) is 38.7. The Kier molecular flexibility index (Phi) is 6.21. The maximum Gasteiger partial charge on any atom is 0.330 e. The smallest absolute Gasteiger partial charge is 0.330 e. The number of halogens is 3. The van der Waals surface area contributed by atoms with Gasteiger partial charge in [0.2, 0.25) is 15.6 Å². The lowest BCUT2D eigenvalue weighted by molar-refractivity contribution is -0.164. The highest BCUT2D eigenvalue weighted by atomic mass is 35.6. The third-order valence-electron chi connectivity index (χ3n) is 4.88. The summed E-state index contributed by atoms with van der Waals surface area (Å²) in [6, 6.07) is 6.97. The van der Waals surface area contributed by atoms with Crippen molar-refractivity contribution in [3.63, 3.8) is 0 Å². The van der Waals surface area contributed by atoms with Crippen LogP contribution in [-0.2, 0) is 36.3 Å². The Hall–Kier alpha value is -1.35. The second-order valence-corrected chi connectivity index (χ2v) is 12.0. The third kappa shape index (κ3) is 4.40. The SMILES string of the molecule is CC1(C)[C@H](C(=O)OCC(Cl)(Cl)Cl)N2C(=O)[C@H](NC(=O)Cc3ccccc3)[C@@H]2[S@@]1=O. The highest BCUT2D eigenvalue weighted by Gasteiger charge is 2.68. The second kappa shape index (κ2) is 8.06. The first-order valence-corrected chi connectivity index (χ1v) is 11.1. The van der Waals surface area contributed by atoms with Crippen LogP contribution < -0.4 is 5.32 Å². The Balaban J connectivity index is 1.71. The third-order valence-corrected chi connectivity index (χ3v) is 7.41. The van der Waals surface area contributed by atoms with E-state index in [0.717, 1.165) is 5.56 Å². The van der Waals surface area contributed by atoms with E-state index in [9.17, 15) is 18.6 Å². The summed E-state index contributed by atoms with van der Waals surface area (Å²) in [5.41, 5.74) is 0.787. The maximum absolute atomic E-state index is 13.0. The van der Waals surface area contributed by atoms with Crippen molar-refractivity contribution < 1.29 is 23.3 Å². The first kappa shape index (κ1) is 22.3. The minimum atomic E-state index is -1.80. The minimum Gasteiger partial charge on any atom is -0.460 e. The lowest BCUT2D eigenvalue weighted by Crippen LogP contribution is -2.71. The number of benzene rings is 1. The molecule has 3 rings (SSSR count). The Morgan fingerprint density at radius 3 is 2.45 bits per heavy atom. The van der Waals surface area contributed by atoms with Gasteiger partial charge in [0.25, 0.3) is 0 Å². The zero-order chi connectivity index (χ0) is 21.6. The highest BCUT2D eigenvalue weighted by molar-refractivity contribution is 7.87. The van der Waals surface area contributed by atoms with Crippen LogP contribution >= 0.6 is 34.8 Å². The van der Waals surface area contributed by atoms with Crippen molar-refractivity contribution in [2.24, 2.45) is 0 Å². The highest BCUT2D eigenvalue weighted by Crippen LogP contribution is 2.44. The van der Waals surface area contributed by atoms with E-state index < -0.39 is 55.3 Å². The number of esters is 1. The van der Waals surface area contributed by atoms with Crippen LogP contribution in [0.1, 0.15) is 19.4 Å². The van der Waals surface area contributed by atoms with Crippen LogP contribution in [-0.4, -0.2) is 59.5 Å². The average molecular weight is 482 g/mol. The van der Waals surface area contributed by atoms with E-state index in [2.05, 4.69) is 5.32 Å². The molecule has 4 atom stereocenters. The van der Waals surface area contributed by atoms with E-state index in [0.29, 0.717) is 0 Å². The Morgan fingerprint density at radius 2 is 1.86 bits per heavy atom. The molecule has 0 aliphatic carbocycles. The van der Waals surface area contributed by atoms with Crippen LogP contribution in [0.15, 0.2) is 30.3 Å². The monoisotopic (exact) mass is 480 g/mol. The number of carbonyl (C=O) groups is 3. The van der Waals surface area contributed by atoms with Crippen molar-refractivity contribution in [2.45, 2.75) is 46.3 Å². The van der Waals surface area contributed by atoms with Crippen LogP contribution in [0.25, 0.3) is 0 Å². The van der Waals surface area contributed by atoms with Crippen molar-refractivity contribution in [3.8, 4) is 0 Å². The fraction of sp³-hybridized carbons (Fsp3) is 0.500. The number of amides is 2. The lowest BCUT2D eigenvalue weighted by atomic mass is 9.96. The molecule has 0 spiro atoms. The first-order valence-electron chi connectivity index (χ1n) is 8.73. The largest absolute Gasteiger partial charge is 0.460 e. The molecule has 2 saturated heterocycles. The number of fused-ring (bicyclic) bond motifs is 1. The quantitative estimate of drug-likeness (QED) is 0.393. The number of hydrogen-bond acceptors (Lipinski definition) is 5. The summed E-state index contributed by atoms with van der Waals surface area (Å²) < 4.78 is 15.1. The lowest BCUT2D eigenvalue weighted by Gasteiger charge is -2.43. The Morgan fingerprint density at radius 1 is 1.24 bits per heavy atom. The molecule has 1 N–H and O–H groups in total. The predicted molar refractivity (Wildman–Crippen MR) is 110 cm³/mol. The molecule has 1 aromatic rings. The van der Waals surface area contributed by atoms with Crippen LogP contribution in [0, 0.1) is 0 Å². The Labute approximate surface area is 185 Å². The molecular weight excluding hydrogens is 463 g/mol. The van der Waals surface area contributed by atoms with Crippen LogP contribution in [0.4, 0.5) is 0 Å². The molecule has 2 heterocycles. The van der Waals surface area contributed by atoms with Crippen LogP contribution in [0.2, 0.25) is 0 Å². The van der Waals surface area contributed by atoms with Crippen molar-refractivity contribution in [1.29, 1.82) is 0 Å². The molecule has 29 heavy (non-hydrogen) atoms. The fourth-order valence-electron chi connectivity index (χ4n) is 3.51. The van der Waals surface area contributed by atoms with E-state index in [-0.39, 0.29) is 12.3 Å². The molecular formula is C18H19Cl3N2O5S. The second-order valence-electron chi connectivity index (χ2n) is 7.37. The van der Waals surface area contributed by atoms with Gasteiger partial charge in [-0.15, -0.1) is 0 Å². The number of rotatable bonds is 5. The number of nitrogens with one attached hydrogen (secondary N) is 1. The average Bonchev–Trinajstić information content (AvgIpc) is 2.82. The molecule has 7 nitrogen and oxygen atoms in total. The van der Waals surface area contributed by atoms with Crippen molar-refractivity contribution in [1.82, 2.24) is 10.2 Å². The molecule has 2 aliphatic rings. The number of nitrogens with zero attached hydrogens (tertiary/aromatic N) is 1. The number of carbonyl (C=O) groups excluding carboxylic acids is 3. The number of alkyl halides is 3. The van der Waals surface area contributed by atoms with E-state index in [1.54, 1.807) is 38.1 Å². The first-order chi connectivity index (χ1) is 13.4. The topological polar surface area (TPSA) is 92.8 Å². The molecule has 2 amide bonds. The molecule has 0 radical (unpaired) electrons. The minimum absolute atomic E-state index is 0.0854. The van der Waals surface area contributed by atoms with Crippen LogP contribution in [0.5, 0.6) is 0 Å². The number of β-lactam (4-membered cyclic amide) rings is 1. The summed E-state index contributed by atoms with van der Waals surface area (Å²) in [6.45, 7) is 2.69. The summed E-state index contributed by atoms with van der Waals surface area (Å²) in [5, 5.41) is 1.81. The maximum atomic E-state index is 13.0. The molecule has 1 aromatic carbocycles. The summed E-state index contributed by atoms with van der Waals surface area (Å²) in [7, 11) is -1.62. The van der Waals surface area contributed by atoms with E-state index in [1.165, 1.54) is 4.90 Å². The normalized spacial score (nSPS) is 27.8. The van der Waals surface area contributed by atoms with Gasteiger partial charge in [-0.05, 0) is 19.4 Å². The summed E-state index contributed by atoms with van der Waals surface area (Å²) in [5.74, 6) is -1.67. The number of ether oxygens (including phenoxy) is 1. The van der Waals surface area contributed by atoms with Gasteiger partial charge < -0.3 is 15.0 Å². The zero-order valence-corrected chi connectivity index (χ0v) is 18.6.